The molecule has 1 fully saturated rings. The quantitative estimate of drug-likeness (QED) is 0.788. The average molecular weight is 334 g/mol. The maximum atomic E-state index is 11.5. The van der Waals surface area contributed by atoms with E-state index in [1.807, 2.05) is 24.3 Å². The first-order valence-electron chi connectivity index (χ1n) is 8.33. The number of hydrogen-bond donors (Lipinski definition) is 1. The zero-order valence-electron chi connectivity index (χ0n) is 13.7. The molecule has 3 aromatic heterocycles. The van der Waals surface area contributed by atoms with E-state index < -0.39 is 0 Å². The van der Waals surface area contributed by atoms with Gasteiger partial charge in [0.05, 0.1) is 23.4 Å². The molecular weight excluding hydrogens is 316 g/mol. The van der Waals surface area contributed by atoms with E-state index in [1.165, 1.54) is 6.33 Å². The lowest BCUT2D eigenvalue weighted by Crippen LogP contribution is -2.36. The standard InChI is InChI=1S/C18H18N6O/c25-17-10-16(21-12-22-17)13-4-3-9-24(11-13)18-20-8-6-15(23-18)14-5-1-2-7-19-14/h1-2,5-8,10,12-13H,3-4,9,11H2,(H,21,22,25). The number of piperidine rings is 1. The molecule has 4 rings (SSSR count). The number of pyridine rings is 1. The summed E-state index contributed by atoms with van der Waals surface area (Å²) in [6.07, 6.45) is 7.01. The fourth-order valence-corrected chi connectivity index (χ4v) is 3.16. The summed E-state index contributed by atoms with van der Waals surface area (Å²) in [5.74, 6) is 0.899. The third kappa shape index (κ3) is 3.40. The van der Waals surface area contributed by atoms with Crippen LogP contribution >= 0.6 is 0 Å². The van der Waals surface area contributed by atoms with Crippen molar-refractivity contribution in [1.82, 2.24) is 24.9 Å². The third-order valence-corrected chi connectivity index (χ3v) is 4.39. The second-order valence-corrected chi connectivity index (χ2v) is 6.08. The number of nitrogens with one attached hydrogen (secondary N) is 1. The first kappa shape index (κ1) is 15.4. The monoisotopic (exact) mass is 334 g/mol. The van der Waals surface area contributed by atoms with Crippen molar-refractivity contribution in [3.05, 3.63) is 65.1 Å². The Labute approximate surface area is 144 Å². The maximum absolute atomic E-state index is 11.5. The summed E-state index contributed by atoms with van der Waals surface area (Å²) in [6, 6.07) is 9.21. The van der Waals surface area contributed by atoms with Gasteiger partial charge in [0.2, 0.25) is 5.95 Å². The summed E-state index contributed by atoms with van der Waals surface area (Å²) in [5, 5.41) is 0. The predicted molar refractivity (Wildman–Crippen MR) is 94.3 cm³/mol. The fourth-order valence-electron chi connectivity index (χ4n) is 3.16. The number of aromatic nitrogens is 5. The first-order chi connectivity index (χ1) is 12.3. The van der Waals surface area contributed by atoms with Crippen LogP contribution in [0.1, 0.15) is 24.5 Å². The van der Waals surface area contributed by atoms with Crippen LogP contribution in [0.25, 0.3) is 11.4 Å². The molecule has 4 heterocycles. The summed E-state index contributed by atoms with van der Waals surface area (Å²) >= 11 is 0. The Morgan fingerprint density at radius 3 is 2.88 bits per heavy atom. The Hall–Kier alpha value is -3.09. The van der Waals surface area contributed by atoms with E-state index in [-0.39, 0.29) is 11.5 Å². The van der Waals surface area contributed by atoms with Gasteiger partial charge in [0.15, 0.2) is 0 Å². The number of aromatic amines is 1. The van der Waals surface area contributed by atoms with E-state index in [1.54, 1.807) is 18.5 Å². The van der Waals surface area contributed by atoms with Gasteiger partial charge in [0, 0.05) is 37.5 Å². The second kappa shape index (κ2) is 6.80. The molecule has 126 valence electrons. The van der Waals surface area contributed by atoms with Crippen molar-refractivity contribution in [2.45, 2.75) is 18.8 Å². The second-order valence-electron chi connectivity index (χ2n) is 6.08. The minimum atomic E-state index is -0.115. The SMILES string of the molecule is O=c1cc(C2CCCN(c3nccc(-c4ccccn4)n3)C2)nc[nH]1. The van der Waals surface area contributed by atoms with Gasteiger partial charge in [-0.15, -0.1) is 0 Å². The Balaban J connectivity index is 1.58. The molecule has 1 saturated heterocycles. The lowest BCUT2D eigenvalue weighted by Gasteiger charge is -2.32. The molecule has 3 aromatic rings. The topological polar surface area (TPSA) is 87.7 Å². The molecule has 7 nitrogen and oxygen atoms in total. The van der Waals surface area contributed by atoms with Gasteiger partial charge >= 0.3 is 0 Å². The van der Waals surface area contributed by atoms with Gasteiger partial charge in [-0.05, 0) is 31.0 Å². The molecule has 1 N–H and O–H groups in total. The van der Waals surface area contributed by atoms with Gasteiger partial charge < -0.3 is 9.88 Å². The number of nitrogens with zero attached hydrogens (tertiary/aromatic N) is 5. The summed E-state index contributed by atoms with van der Waals surface area (Å²) in [5.41, 5.74) is 2.35. The maximum Gasteiger partial charge on any atom is 0.250 e. The van der Waals surface area contributed by atoms with Gasteiger partial charge in [-0.25, -0.2) is 15.0 Å². The minimum Gasteiger partial charge on any atom is -0.340 e. The lowest BCUT2D eigenvalue weighted by atomic mass is 9.95. The molecule has 0 aromatic carbocycles. The van der Waals surface area contributed by atoms with Crippen LogP contribution in [0.3, 0.4) is 0 Å². The number of hydrogen-bond acceptors (Lipinski definition) is 6. The highest BCUT2D eigenvalue weighted by atomic mass is 16.1. The molecule has 0 aliphatic carbocycles. The van der Waals surface area contributed by atoms with Crippen LogP contribution in [0, 0.1) is 0 Å². The normalized spacial score (nSPS) is 17.4. The van der Waals surface area contributed by atoms with Gasteiger partial charge in [0.25, 0.3) is 5.56 Å². The largest absolute Gasteiger partial charge is 0.340 e. The Morgan fingerprint density at radius 2 is 2.04 bits per heavy atom. The van der Waals surface area contributed by atoms with E-state index in [0.29, 0.717) is 5.95 Å². The highest BCUT2D eigenvalue weighted by Gasteiger charge is 2.24. The molecule has 0 amide bonds. The van der Waals surface area contributed by atoms with Crippen molar-refractivity contribution in [1.29, 1.82) is 0 Å². The van der Waals surface area contributed by atoms with Gasteiger partial charge in [-0.3, -0.25) is 9.78 Å². The highest BCUT2D eigenvalue weighted by Crippen LogP contribution is 2.27. The number of rotatable bonds is 3. The molecule has 0 spiro atoms. The van der Waals surface area contributed by atoms with Crippen LogP contribution in [0.5, 0.6) is 0 Å². The summed E-state index contributed by atoms with van der Waals surface area (Å²) < 4.78 is 0. The number of anilines is 1. The molecule has 0 saturated carbocycles. The zero-order chi connectivity index (χ0) is 17.1. The average Bonchev–Trinajstić information content (AvgIpc) is 2.69. The van der Waals surface area contributed by atoms with Crippen molar-refractivity contribution in [2.24, 2.45) is 0 Å². The van der Waals surface area contributed by atoms with E-state index in [9.17, 15) is 4.79 Å². The minimum absolute atomic E-state index is 0.115. The molecule has 0 bridgehead atoms. The Kier molecular flexibility index (Phi) is 4.20. The fraction of sp³-hybridized carbons (Fsp3) is 0.278. The van der Waals surface area contributed by atoms with Crippen molar-refractivity contribution >= 4 is 5.95 Å². The van der Waals surface area contributed by atoms with Gasteiger partial charge in [0.1, 0.15) is 0 Å². The summed E-state index contributed by atoms with van der Waals surface area (Å²) in [4.78, 5) is 34.1. The smallest absolute Gasteiger partial charge is 0.250 e. The van der Waals surface area contributed by atoms with Crippen molar-refractivity contribution in [3.63, 3.8) is 0 Å². The molecule has 7 heteroatoms. The summed E-state index contributed by atoms with van der Waals surface area (Å²) in [7, 11) is 0. The molecule has 1 aliphatic rings. The van der Waals surface area contributed by atoms with Crippen LogP contribution in [-0.2, 0) is 0 Å². The Bertz CT molecular complexity index is 910. The highest BCUT2D eigenvalue weighted by molar-refractivity contribution is 5.55. The lowest BCUT2D eigenvalue weighted by molar-refractivity contribution is 0.494. The number of H-pyrrole nitrogens is 1. The van der Waals surface area contributed by atoms with E-state index >= 15 is 0 Å². The van der Waals surface area contributed by atoms with Crippen molar-refractivity contribution < 1.29 is 0 Å². The van der Waals surface area contributed by atoms with Crippen LogP contribution in [-0.4, -0.2) is 38.0 Å². The van der Waals surface area contributed by atoms with E-state index in [4.69, 9.17) is 0 Å². The van der Waals surface area contributed by atoms with Gasteiger partial charge in [-0.2, -0.15) is 0 Å². The van der Waals surface area contributed by atoms with Crippen molar-refractivity contribution in [2.75, 3.05) is 18.0 Å². The van der Waals surface area contributed by atoms with Crippen LogP contribution in [0.4, 0.5) is 5.95 Å². The van der Waals surface area contributed by atoms with E-state index in [0.717, 1.165) is 43.0 Å². The van der Waals surface area contributed by atoms with Crippen LogP contribution < -0.4 is 10.5 Å². The van der Waals surface area contributed by atoms with Crippen LogP contribution in [0.15, 0.2) is 53.8 Å². The molecule has 1 atom stereocenters. The van der Waals surface area contributed by atoms with Gasteiger partial charge in [-0.1, -0.05) is 6.07 Å². The molecule has 1 aliphatic heterocycles. The molecule has 1 unspecified atom stereocenters. The molecule has 25 heavy (non-hydrogen) atoms. The van der Waals surface area contributed by atoms with E-state index in [2.05, 4.69) is 29.8 Å². The predicted octanol–water partition coefficient (Wildman–Crippen LogP) is 2.01. The zero-order valence-corrected chi connectivity index (χ0v) is 13.7. The third-order valence-electron chi connectivity index (χ3n) is 4.39. The first-order valence-corrected chi connectivity index (χ1v) is 8.33. The molecule has 0 radical (unpaired) electrons. The Morgan fingerprint density at radius 1 is 1.08 bits per heavy atom. The van der Waals surface area contributed by atoms with Crippen molar-refractivity contribution in [3.8, 4) is 11.4 Å². The summed E-state index contributed by atoms with van der Waals surface area (Å²) in [6.45, 7) is 1.65. The molecular formula is C18H18N6O. The van der Waals surface area contributed by atoms with Crippen LogP contribution in [0.2, 0.25) is 0 Å².